The molecule has 3 aromatic rings. The van der Waals surface area contributed by atoms with E-state index >= 15 is 0 Å². The number of nitrogens with zero attached hydrogens (tertiary/aromatic N) is 6. The van der Waals surface area contributed by atoms with Crippen molar-refractivity contribution in [2.75, 3.05) is 17.2 Å². The molecule has 2 aliphatic rings. The van der Waals surface area contributed by atoms with Crippen molar-refractivity contribution in [1.82, 2.24) is 29.1 Å². The molecule has 0 amide bonds. The van der Waals surface area contributed by atoms with Crippen LogP contribution in [0.5, 0.6) is 0 Å². The third kappa shape index (κ3) is 4.66. The maximum absolute atomic E-state index is 6.08. The fraction of sp³-hybridized carbons (Fsp3) is 0.636. The summed E-state index contributed by atoms with van der Waals surface area (Å²) in [6.07, 6.45) is 17.8. The molecule has 9 heteroatoms. The van der Waals surface area contributed by atoms with Crippen molar-refractivity contribution < 1.29 is 0 Å². The highest BCUT2D eigenvalue weighted by molar-refractivity contribution is 5.84. The van der Waals surface area contributed by atoms with Crippen LogP contribution in [-0.4, -0.2) is 47.7 Å². The van der Waals surface area contributed by atoms with Crippen LogP contribution in [-0.2, 0) is 6.54 Å². The van der Waals surface area contributed by atoms with Gasteiger partial charge in [-0.05, 0) is 44.9 Å². The zero-order chi connectivity index (χ0) is 21.0. The molecule has 0 unspecified atom stereocenters. The number of rotatable bonds is 8. The molecular formula is C22H33N9. The second-order valence-corrected chi connectivity index (χ2v) is 9.00. The zero-order valence-electron chi connectivity index (χ0n) is 18.1. The first-order valence-corrected chi connectivity index (χ1v) is 11.7. The van der Waals surface area contributed by atoms with Gasteiger partial charge in [0.1, 0.15) is 0 Å². The molecule has 0 radical (unpaired) electrons. The summed E-state index contributed by atoms with van der Waals surface area (Å²) in [6, 6.07) is 1.21. The molecular weight excluding hydrogens is 390 g/mol. The molecule has 4 N–H and O–H groups in total. The van der Waals surface area contributed by atoms with E-state index in [1.807, 2.05) is 25.0 Å². The summed E-state index contributed by atoms with van der Waals surface area (Å²) in [7, 11) is 0. The molecule has 2 fully saturated rings. The number of hydrogen-bond donors (Lipinski definition) is 3. The SMILES string of the molecule is N[C@H]1CC[C@H](Nc2nc(NCCCn3ccnc3)c3ncn(C4CCCC4)c3n2)CC1. The highest BCUT2D eigenvalue weighted by Gasteiger charge is 2.23. The minimum Gasteiger partial charge on any atom is -0.368 e. The van der Waals surface area contributed by atoms with E-state index in [9.17, 15) is 0 Å². The average molecular weight is 424 g/mol. The van der Waals surface area contributed by atoms with Gasteiger partial charge in [-0.2, -0.15) is 9.97 Å². The maximum atomic E-state index is 6.08. The number of aryl methyl sites for hydroxylation is 1. The van der Waals surface area contributed by atoms with Crippen molar-refractivity contribution in [3.63, 3.8) is 0 Å². The number of aromatic nitrogens is 6. The minimum atomic E-state index is 0.331. The van der Waals surface area contributed by atoms with E-state index in [2.05, 4.69) is 24.8 Å². The van der Waals surface area contributed by atoms with Gasteiger partial charge in [-0.3, -0.25) is 0 Å². The first-order chi connectivity index (χ1) is 15.3. The van der Waals surface area contributed by atoms with Crippen molar-refractivity contribution in [3.05, 3.63) is 25.0 Å². The van der Waals surface area contributed by atoms with E-state index < -0.39 is 0 Å². The van der Waals surface area contributed by atoms with Gasteiger partial charge in [0.25, 0.3) is 0 Å². The topological polar surface area (TPSA) is 112 Å². The molecule has 0 saturated heterocycles. The lowest BCUT2D eigenvalue weighted by atomic mass is 9.92. The van der Waals surface area contributed by atoms with Gasteiger partial charge in [0.15, 0.2) is 17.0 Å². The normalized spacial score (nSPS) is 22.2. The van der Waals surface area contributed by atoms with Gasteiger partial charge in [-0.25, -0.2) is 9.97 Å². The van der Waals surface area contributed by atoms with Crippen molar-refractivity contribution in [2.45, 2.75) is 82.5 Å². The molecule has 2 aliphatic carbocycles. The molecule has 0 bridgehead atoms. The summed E-state index contributed by atoms with van der Waals surface area (Å²) in [4.78, 5) is 18.6. The van der Waals surface area contributed by atoms with Crippen LogP contribution in [0, 0.1) is 0 Å². The minimum absolute atomic E-state index is 0.331. The summed E-state index contributed by atoms with van der Waals surface area (Å²) in [6.45, 7) is 1.74. The highest BCUT2D eigenvalue weighted by atomic mass is 15.2. The monoisotopic (exact) mass is 423 g/mol. The molecule has 31 heavy (non-hydrogen) atoms. The average Bonchev–Trinajstić information content (AvgIpc) is 3.54. The lowest BCUT2D eigenvalue weighted by Crippen LogP contribution is -2.33. The highest BCUT2D eigenvalue weighted by Crippen LogP contribution is 2.33. The predicted octanol–water partition coefficient (Wildman–Crippen LogP) is 3.32. The molecule has 0 aromatic carbocycles. The predicted molar refractivity (Wildman–Crippen MR) is 122 cm³/mol. The van der Waals surface area contributed by atoms with Gasteiger partial charge < -0.3 is 25.5 Å². The van der Waals surface area contributed by atoms with Crippen molar-refractivity contribution in [2.24, 2.45) is 5.73 Å². The Hall–Kier alpha value is -2.68. The Morgan fingerprint density at radius 2 is 1.87 bits per heavy atom. The molecule has 2 saturated carbocycles. The van der Waals surface area contributed by atoms with Crippen molar-refractivity contribution in [3.8, 4) is 0 Å². The Morgan fingerprint density at radius 1 is 1.03 bits per heavy atom. The van der Waals surface area contributed by atoms with Crippen LogP contribution in [0.15, 0.2) is 25.0 Å². The Balaban J connectivity index is 1.35. The number of hydrogen-bond acceptors (Lipinski definition) is 7. The Bertz CT molecular complexity index is 966. The van der Waals surface area contributed by atoms with Crippen LogP contribution in [0.25, 0.3) is 11.2 Å². The quantitative estimate of drug-likeness (QED) is 0.477. The van der Waals surface area contributed by atoms with Crippen LogP contribution >= 0.6 is 0 Å². The number of imidazole rings is 2. The molecule has 166 valence electrons. The second kappa shape index (κ2) is 9.21. The molecule has 0 spiro atoms. The summed E-state index contributed by atoms with van der Waals surface area (Å²) in [5, 5.41) is 7.10. The van der Waals surface area contributed by atoms with Crippen LogP contribution in [0.3, 0.4) is 0 Å². The van der Waals surface area contributed by atoms with Gasteiger partial charge in [0.2, 0.25) is 5.95 Å². The molecule has 5 rings (SSSR count). The number of anilines is 2. The summed E-state index contributed by atoms with van der Waals surface area (Å²) < 4.78 is 4.36. The number of nitrogens with one attached hydrogen (secondary N) is 2. The molecule has 9 nitrogen and oxygen atoms in total. The Labute approximate surface area is 182 Å². The number of nitrogens with two attached hydrogens (primary N) is 1. The van der Waals surface area contributed by atoms with E-state index in [1.165, 1.54) is 25.7 Å². The fourth-order valence-electron chi connectivity index (χ4n) is 4.89. The van der Waals surface area contributed by atoms with Gasteiger partial charge >= 0.3 is 0 Å². The molecule has 0 aliphatic heterocycles. The van der Waals surface area contributed by atoms with E-state index in [1.54, 1.807) is 0 Å². The smallest absolute Gasteiger partial charge is 0.227 e. The van der Waals surface area contributed by atoms with E-state index in [0.29, 0.717) is 24.1 Å². The summed E-state index contributed by atoms with van der Waals surface area (Å²) >= 11 is 0. The van der Waals surface area contributed by atoms with E-state index in [4.69, 9.17) is 20.7 Å². The summed E-state index contributed by atoms with van der Waals surface area (Å²) in [5.41, 5.74) is 7.89. The van der Waals surface area contributed by atoms with E-state index in [-0.39, 0.29) is 0 Å². The first-order valence-electron chi connectivity index (χ1n) is 11.7. The maximum Gasteiger partial charge on any atom is 0.227 e. The van der Waals surface area contributed by atoms with Gasteiger partial charge in [0, 0.05) is 43.6 Å². The lowest BCUT2D eigenvalue weighted by molar-refractivity contribution is 0.410. The van der Waals surface area contributed by atoms with Crippen LogP contribution in [0.2, 0.25) is 0 Å². The first kappa shape index (κ1) is 20.2. The summed E-state index contributed by atoms with van der Waals surface area (Å²) in [5.74, 6) is 1.52. The second-order valence-electron chi connectivity index (χ2n) is 9.00. The lowest BCUT2D eigenvalue weighted by Gasteiger charge is -2.27. The van der Waals surface area contributed by atoms with Gasteiger partial charge in [0.05, 0.1) is 12.7 Å². The fourth-order valence-corrected chi connectivity index (χ4v) is 4.89. The van der Waals surface area contributed by atoms with Gasteiger partial charge in [-0.15, -0.1) is 0 Å². The van der Waals surface area contributed by atoms with Crippen LogP contribution in [0.4, 0.5) is 11.8 Å². The largest absolute Gasteiger partial charge is 0.368 e. The molecule has 3 heterocycles. The standard InChI is InChI=1S/C22H33N9/c23-16-6-8-17(9-7-16)27-22-28-20(25-10-3-12-30-13-11-24-14-30)19-21(29-22)31(15-26-19)18-4-1-2-5-18/h11,13-18H,1-10,12,23H2,(H2,25,27,28,29)/t16-,17-. The van der Waals surface area contributed by atoms with Crippen LogP contribution < -0.4 is 16.4 Å². The zero-order valence-corrected chi connectivity index (χ0v) is 18.1. The third-order valence-electron chi connectivity index (χ3n) is 6.69. The van der Waals surface area contributed by atoms with Crippen molar-refractivity contribution >= 4 is 22.9 Å². The number of fused-ring (bicyclic) bond motifs is 1. The van der Waals surface area contributed by atoms with Crippen molar-refractivity contribution in [1.29, 1.82) is 0 Å². The molecule has 0 atom stereocenters. The Kier molecular flexibility index (Phi) is 6.01. The third-order valence-corrected chi connectivity index (χ3v) is 6.69. The van der Waals surface area contributed by atoms with Crippen LogP contribution in [0.1, 0.15) is 63.8 Å². The molecule has 3 aromatic heterocycles. The van der Waals surface area contributed by atoms with E-state index in [0.717, 1.165) is 62.2 Å². The Morgan fingerprint density at radius 3 is 2.65 bits per heavy atom. The van der Waals surface area contributed by atoms with Gasteiger partial charge in [-0.1, -0.05) is 12.8 Å².